The Hall–Kier alpha value is -3.77. The second kappa shape index (κ2) is 8.71. The van der Waals surface area contributed by atoms with E-state index in [4.69, 9.17) is 11.6 Å². The molecular formula is C23H16ClFN4O. The van der Waals surface area contributed by atoms with E-state index in [-0.39, 0.29) is 11.7 Å². The largest absolute Gasteiger partial charge is 0.298 e. The minimum absolute atomic E-state index is 0.316. The van der Waals surface area contributed by atoms with E-state index in [1.54, 1.807) is 67.0 Å². The van der Waals surface area contributed by atoms with Crippen molar-refractivity contribution in [3.63, 3.8) is 0 Å². The highest BCUT2D eigenvalue weighted by Gasteiger charge is 2.11. The van der Waals surface area contributed by atoms with E-state index >= 15 is 0 Å². The summed E-state index contributed by atoms with van der Waals surface area (Å²) in [6.07, 6.45) is 3.22. The quantitative estimate of drug-likeness (QED) is 0.330. The summed E-state index contributed by atoms with van der Waals surface area (Å²) in [5, 5.41) is 1.41. The predicted molar refractivity (Wildman–Crippen MR) is 118 cm³/mol. The lowest BCUT2D eigenvalue weighted by molar-refractivity contribution is 0.0963. The molecule has 0 bridgehead atoms. The van der Waals surface area contributed by atoms with Gasteiger partial charge in [0.2, 0.25) is 0 Å². The van der Waals surface area contributed by atoms with Gasteiger partial charge in [0.1, 0.15) is 5.82 Å². The van der Waals surface area contributed by atoms with E-state index in [1.165, 1.54) is 12.1 Å². The van der Waals surface area contributed by atoms with E-state index in [1.807, 2.05) is 6.07 Å². The number of carbonyl (C=O) groups is 1. The van der Waals surface area contributed by atoms with Crippen LogP contribution in [0.25, 0.3) is 10.9 Å². The molecule has 0 spiro atoms. The maximum atomic E-state index is 13.0. The first-order valence-electron chi connectivity index (χ1n) is 9.09. The summed E-state index contributed by atoms with van der Waals surface area (Å²) >= 11 is 6.02. The van der Waals surface area contributed by atoms with Gasteiger partial charge >= 0.3 is 0 Å². The number of aromatic nitrogens is 1. The van der Waals surface area contributed by atoms with Crippen LogP contribution >= 0.6 is 11.6 Å². The van der Waals surface area contributed by atoms with Crippen LogP contribution < -0.4 is 10.9 Å². The minimum Gasteiger partial charge on any atom is -0.298 e. The van der Waals surface area contributed by atoms with Gasteiger partial charge in [-0.15, -0.1) is 0 Å². The molecule has 4 rings (SSSR count). The molecule has 0 saturated carbocycles. The van der Waals surface area contributed by atoms with Crippen LogP contribution in [0.3, 0.4) is 0 Å². The number of nitrogens with zero attached hydrogens (tertiary/aromatic N) is 2. The Morgan fingerprint density at radius 3 is 2.67 bits per heavy atom. The second-order valence-corrected chi connectivity index (χ2v) is 6.86. The van der Waals surface area contributed by atoms with Crippen molar-refractivity contribution in [2.45, 2.75) is 0 Å². The molecule has 148 valence electrons. The van der Waals surface area contributed by atoms with Crippen molar-refractivity contribution in [2.75, 3.05) is 5.43 Å². The van der Waals surface area contributed by atoms with Gasteiger partial charge < -0.3 is 0 Å². The van der Waals surface area contributed by atoms with Crippen LogP contribution in [0, 0.1) is 5.82 Å². The number of hydrogen-bond donors (Lipinski definition) is 2. The second-order valence-electron chi connectivity index (χ2n) is 6.43. The number of fused-ring (bicyclic) bond motifs is 1. The van der Waals surface area contributed by atoms with Crippen LogP contribution in [0.15, 0.2) is 84.0 Å². The van der Waals surface area contributed by atoms with E-state index in [0.29, 0.717) is 27.5 Å². The standard InChI is InChI=1S/C23H16ClFN4O/c24-16-7-10-18-21(11-12-26-22(18)13-16)28-29-23(30)19-3-1-2-4-20(19)27-14-15-5-8-17(25)9-6-15/h1-14H,(H,26,28)(H,29,30). The number of para-hydroxylation sites is 1. The molecule has 0 saturated heterocycles. The first-order chi connectivity index (χ1) is 14.6. The molecule has 0 radical (unpaired) electrons. The first-order valence-corrected chi connectivity index (χ1v) is 9.47. The highest BCUT2D eigenvalue weighted by atomic mass is 35.5. The molecular weight excluding hydrogens is 403 g/mol. The number of hydrazine groups is 1. The zero-order chi connectivity index (χ0) is 20.9. The highest BCUT2D eigenvalue weighted by molar-refractivity contribution is 6.31. The summed E-state index contributed by atoms with van der Waals surface area (Å²) in [6, 6.07) is 20.0. The summed E-state index contributed by atoms with van der Waals surface area (Å²) in [5.41, 5.74) is 8.65. The van der Waals surface area contributed by atoms with Crippen LogP contribution in [-0.2, 0) is 0 Å². The number of halogens is 2. The van der Waals surface area contributed by atoms with Gasteiger partial charge in [-0.3, -0.25) is 25.6 Å². The monoisotopic (exact) mass is 418 g/mol. The van der Waals surface area contributed by atoms with Gasteiger partial charge in [-0.25, -0.2) is 4.39 Å². The number of anilines is 1. The van der Waals surface area contributed by atoms with Gasteiger partial charge in [-0.1, -0.05) is 35.9 Å². The fourth-order valence-electron chi connectivity index (χ4n) is 2.89. The van der Waals surface area contributed by atoms with Crippen molar-refractivity contribution in [3.8, 4) is 0 Å². The fourth-order valence-corrected chi connectivity index (χ4v) is 3.06. The predicted octanol–water partition coefficient (Wildman–Crippen LogP) is 5.53. The Labute approximate surface area is 177 Å². The number of amides is 1. The van der Waals surface area contributed by atoms with Crippen molar-refractivity contribution >= 4 is 46.0 Å². The molecule has 1 amide bonds. The average molecular weight is 419 g/mol. The number of pyridine rings is 1. The third-order valence-corrected chi connectivity index (χ3v) is 4.62. The molecule has 0 aliphatic heterocycles. The van der Waals surface area contributed by atoms with Crippen molar-refractivity contribution in [1.82, 2.24) is 10.4 Å². The number of hydrogen-bond acceptors (Lipinski definition) is 4. The van der Waals surface area contributed by atoms with E-state index in [0.717, 1.165) is 10.9 Å². The number of rotatable bonds is 5. The lowest BCUT2D eigenvalue weighted by Crippen LogP contribution is -2.29. The van der Waals surface area contributed by atoms with Crippen molar-refractivity contribution in [1.29, 1.82) is 0 Å². The van der Waals surface area contributed by atoms with Crippen molar-refractivity contribution in [3.05, 3.63) is 101 Å². The zero-order valence-corrected chi connectivity index (χ0v) is 16.4. The maximum absolute atomic E-state index is 13.0. The van der Waals surface area contributed by atoms with Crippen LogP contribution in [0.5, 0.6) is 0 Å². The van der Waals surface area contributed by atoms with Gasteiger partial charge in [-0.05, 0) is 54.1 Å². The van der Waals surface area contributed by atoms with E-state index in [2.05, 4.69) is 20.8 Å². The lowest BCUT2D eigenvalue weighted by atomic mass is 10.1. The first kappa shape index (κ1) is 19.5. The Morgan fingerprint density at radius 1 is 1.03 bits per heavy atom. The van der Waals surface area contributed by atoms with Crippen LogP contribution in [0.4, 0.5) is 15.8 Å². The summed E-state index contributed by atoms with van der Waals surface area (Å²) in [7, 11) is 0. The molecule has 0 fully saturated rings. The van der Waals surface area contributed by atoms with Crippen molar-refractivity contribution < 1.29 is 9.18 Å². The van der Waals surface area contributed by atoms with Crippen LogP contribution in [-0.4, -0.2) is 17.1 Å². The van der Waals surface area contributed by atoms with Crippen LogP contribution in [0.2, 0.25) is 5.02 Å². The number of nitrogens with one attached hydrogen (secondary N) is 2. The molecule has 1 heterocycles. The van der Waals surface area contributed by atoms with Gasteiger partial charge in [0, 0.05) is 22.8 Å². The molecule has 3 aromatic carbocycles. The molecule has 4 aromatic rings. The summed E-state index contributed by atoms with van der Waals surface area (Å²) in [4.78, 5) is 21.4. The molecule has 2 N–H and O–H groups in total. The SMILES string of the molecule is O=C(NNc1ccnc2cc(Cl)ccc12)c1ccccc1N=Cc1ccc(F)cc1. The normalized spacial score (nSPS) is 11.0. The van der Waals surface area contributed by atoms with Gasteiger partial charge in [0.05, 0.1) is 22.5 Å². The smallest absolute Gasteiger partial charge is 0.271 e. The molecule has 30 heavy (non-hydrogen) atoms. The average Bonchev–Trinajstić information content (AvgIpc) is 2.77. The summed E-state index contributed by atoms with van der Waals surface area (Å²) in [6.45, 7) is 0. The van der Waals surface area contributed by atoms with E-state index in [9.17, 15) is 9.18 Å². The summed E-state index contributed by atoms with van der Waals surface area (Å²) in [5.74, 6) is -0.662. The Bertz CT molecular complexity index is 1240. The van der Waals surface area contributed by atoms with Crippen LogP contribution in [0.1, 0.15) is 15.9 Å². The minimum atomic E-state index is -0.346. The highest BCUT2D eigenvalue weighted by Crippen LogP contribution is 2.24. The summed E-state index contributed by atoms with van der Waals surface area (Å²) < 4.78 is 13.0. The molecule has 7 heteroatoms. The lowest BCUT2D eigenvalue weighted by Gasteiger charge is -2.12. The molecule has 1 aromatic heterocycles. The molecule has 0 aliphatic carbocycles. The Morgan fingerprint density at radius 2 is 1.83 bits per heavy atom. The molecule has 0 aliphatic rings. The van der Waals surface area contributed by atoms with Gasteiger partial charge in [-0.2, -0.15) is 0 Å². The Balaban J connectivity index is 1.53. The zero-order valence-electron chi connectivity index (χ0n) is 15.6. The van der Waals surface area contributed by atoms with Gasteiger partial charge in [0.25, 0.3) is 5.91 Å². The topological polar surface area (TPSA) is 66.4 Å². The molecule has 5 nitrogen and oxygen atoms in total. The third kappa shape index (κ3) is 4.45. The number of carbonyl (C=O) groups excluding carboxylic acids is 1. The number of aliphatic imine (C=N–C) groups is 1. The van der Waals surface area contributed by atoms with E-state index < -0.39 is 0 Å². The number of benzene rings is 3. The maximum Gasteiger partial charge on any atom is 0.271 e. The molecule has 0 atom stereocenters. The third-order valence-electron chi connectivity index (χ3n) is 4.39. The Kier molecular flexibility index (Phi) is 5.68. The fraction of sp³-hybridized carbons (Fsp3) is 0. The van der Waals surface area contributed by atoms with Gasteiger partial charge in [0.15, 0.2) is 0 Å². The van der Waals surface area contributed by atoms with Crippen molar-refractivity contribution in [2.24, 2.45) is 4.99 Å². The molecule has 0 unspecified atom stereocenters.